The van der Waals surface area contributed by atoms with Crippen molar-refractivity contribution in [3.63, 3.8) is 0 Å². The van der Waals surface area contributed by atoms with Crippen molar-refractivity contribution in [2.45, 2.75) is 338 Å². The van der Waals surface area contributed by atoms with Gasteiger partial charge in [0, 0.05) is 169 Å². The number of aryl methyl sites for hydroxylation is 1. The van der Waals surface area contributed by atoms with Crippen molar-refractivity contribution in [2.75, 3.05) is 19.1 Å². The lowest BCUT2D eigenvalue weighted by molar-refractivity contribution is -0.142. The summed E-state index contributed by atoms with van der Waals surface area (Å²) < 4.78 is 7.20. The Kier molecular flexibility index (Phi) is 39.6. The largest absolute Gasteiger partial charge is 0.452 e. The number of carbonyl (C=O) groups excluding carboxylic acids is 12. The number of Topliss-reactive ketones (excluding diaryl/α,β-unsaturated/α-hetero) is 5. The van der Waals surface area contributed by atoms with Crippen LogP contribution < -0.4 is 16.0 Å². The number of allylic oxidation sites excluding steroid dienone is 1. The standard InChI is InChI=1S/C37H54N6O5.C33H46BrN3O4.C33H47N3O4S/c1-8-9-15-26(34-38-23-39-41-34)19-32(44)30(18-28-22-42(36(47)48-7)31-17-11-10-16-29(28)31)40-35(46)27(21-37(4,5)6)20-33(45)43-24(2)13-12-14-25(43)3;1-7-11-24(23(6)38)17-30(39)29(19-27-26-14-8-9-15-28(26)35-32(27)34)36-33(41)25(16-20(2)3)18-31(40)37-21(4)12-10-13-22(37)5;1-20-9-8-10-21(2)36(20)32(39)19-28(24-13-14-24)33(40)35-30(31(38)17-25(23(4)37)15-16-41-5)18-27-22(3)34-29-12-7-6-11-26(27)29/h10-11,16-17,22-27,30H,8-9,12-15,18-21H2,1-7H3,(H,40,46)(H,38,39,41);7-9,14-15,20-22,24-25,29,35H,1,10-13,16-19H2,2-6H3,(H,36,41);6-7,11-12,20-21,24-25,28,30,34H,8-10,13-19H2,1-5H3,(H,35,40)/t24-,25+,26-,27-,30+;21-,22+,24-,25+,29+;20-,21+,25-,28?,30+/m000/s1. The SMILES string of the molecule is C=CC[C@@H](CC(=O)[C@@H](Cc1c(Br)[nH]c2ccccc12)NC(=O)[C@@H](CC(=O)N1[C@H](C)CCC[C@@H]1C)CC(C)C)C(C)=O.CCCC[C@@H](CC(=O)[C@@H](Cc1cn(C(=O)OC)c2ccccc12)NC(=O)[C@@H](CC(=O)N1[C@H](C)CCC[C@@H]1C)CC(C)(C)C)c1ncn[nH]1.CSCC[C@@H](CC(=O)[C@@H](Cc1c(C)[nH]c2ccccc12)NC(=O)C(CC(=O)N1[C@H](C)CCC[C@@H]1C)C1CC1)C(C)=O. The number of rotatable bonds is 42. The molecule has 1 saturated carbocycles. The first kappa shape index (κ1) is 104. The van der Waals surface area contributed by atoms with Crippen molar-refractivity contribution in [2.24, 2.45) is 46.8 Å². The fourth-order valence-electron chi connectivity index (χ4n) is 20.0. The molecule has 0 spiro atoms. The van der Waals surface area contributed by atoms with E-state index in [1.54, 1.807) is 31.0 Å². The fraction of sp³-hybridized carbons (Fsp3) is 0.612. The molecule has 3 saturated heterocycles. The number of methoxy groups -OCH3 is 1. The maximum Gasteiger partial charge on any atom is 0.418 e. The van der Waals surface area contributed by atoms with E-state index in [4.69, 9.17) is 4.74 Å². The van der Waals surface area contributed by atoms with Crippen molar-refractivity contribution in [1.29, 1.82) is 0 Å². The van der Waals surface area contributed by atoms with Gasteiger partial charge in [0.2, 0.25) is 35.4 Å². The van der Waals surface area contributed by atoms with E-state index < -0.39 is 47.9 Å². The maximum atomic E-state index is 14.3. The average molecular weight is 1870 g/mol. The number of H-pyrrole nitrogens is 3. The van der Waals surface area contributed by atoms with Gasteiger partial charge in [-0.25, -0.2) is 9.78 Å². The Morgan fingerprint density at radius 2 is 1.05 bits per heavy atom. The molecule has 15 atom stereocenters. The molecule has 7 aromatic rings. The highest BCUT2D eigenvalue weighted by atomic mass is 79.9. The molecule has 4 aromatic heterocycles. The van der Waals surface area contributed by atoms with Crippen molar-refractivity contribution < 1.29 is 62.3 Å². The third kappa shape index (κ3) is 29.1. The minimum Gasteiger partial charge on any atom is -0.452 e. The number of aromatic amines is 3. The highest BCUT2D eigenvalue weighted by molar-refractivity contribution is 9.10. The van der Waals surface area contributed by atoms with Crippen LogP contribution in [-0.2, 0) is 76.7 Å². The molecule has 0 radical (unpaired) electrons. The molecule has 3 aliphatic heterocycles. The number of hydrogen-bond donors (Lipinski definition) is 6. The van der Waals surface area contributed by atoms with Crippen LogP contribution in [-0.4, -0.2) is 188 Å². The summed E-state index contributed by atoms with van der Waals surface area (Å²) in [5.74, 6) is -2.17. The summed E-state index contributed by atoms with van der Waals surface area (Å²) in [5, 5.41) is 19.0. The van der Waals surface area contributed by atoms with Gasteiger partial charge in [-0.15, -0.1) is 6.58 Å². The summed E-state index contributed by atoms with van der Waals surface area (Å²) in [4.78, 5) is 179. The Hall–Kier alpha value is -9.37. The normalized spacial score (nSPS) is 19.8. The first-order chi connectivity index (χ1) is 61.8. The first-order valence-corrected chi connectivity index (χ1v) is 49.9. The molecule has 6 amide bonds. The molecule has 7 heterocycles. The number of hydrogen-bond acceptors (Lipinski definition) is 16. The zero-order valence-electron chi connectivity index (χ0n) is 80.3. The second kappa shape index (κ2) is 49.4. The van der Waals surface area contributed by atoms with Crippen LogP contribution in [0.25, 0.3) is 32.7 Å². The van der Waals surface area contributed by atoms with Crippen LogP contribution in [0.1, 0.15) is 285 Å². The summed E-state index contributed by atoms with van der Waals surface area (Å²) in [7, 11) is 1.32. The number of fused-ring (bicyclic) bond motifs is 3. The summed E-state index contributed by atoms with van der Waals surface area (Å²) in [6.45, 7) is 33.6. The van der Waals surface area contributed by atoms with Gasteiger partial charge >= 0.3 is 6.09 Å². The van der Waals surface area contributed by atoms with Gasteiger partial charge in [0.05, 0.1) is 35.4 Å². The van der Waals surface area contributed by atoms with Gasteiger partial charge < -0.3 is 45.4 Å². The lowest BCUT2D eigenvalue weighted by Gasteiger charge is -2.40. The molecular weight excluding hydrogens is 1730 g/mol. The van der Waals surface area contributed by atoms with Gasteiger partial charge in [-0.3, -0.25) is 62.4 Å². The number of nitrogens with zero attached hydrogens (tertiary/aromatic N) is 6. The van der Waals surface area contributed by atoms with Gasteiger partial charge in [0.1, 0.15) is 23.7 Å². The number of para-hydroxylation sites is 3. The summed E-state index contributed by atoms with van der Waals surface area (Å²) in [6, 6.07) is 21.6. The molecule has 130 heavy (non-hydrogen) atoms. The number of likely N-dealkylation sites (tertiary alicyclic amines) is 3. The van der Waals surface area contributed by atoms with Gasteiger partial charge in [-0.2, -0.15) is 16.9 Å². The van der Waals surface area contributed by atoms with Crippen molar-refractivity contribution in [3.8, 4) is 0 Å². The van der Waals surface area contributed by atoms with E-state index in [2.05, 4.69) is 133 Å². The van der Waals surface area contributed by atoms with Crippen LogP contribution >= 0.6 is 27.7 Å². The Labute approximate surface area is 782 Å². The number of amides is 6. The number of ketones is 5. The molecule has 710 valence electrons. The van der Waals surface area contributed by atoms with Crippen LogP contribution in [0.2, 0.25) is 0 Å². The number of piperidine rings is 3. The van der Waals surface area contributed by atoms with Gasteiger partial charge in [-0.1, -0.05) is 115 Å². The lowest BCUT2D eigenvalue weighted by Crippen LogP contribution is -2.50. The predicted octanol–water partition coefficient (Wildman–Crippen LogP) is 18.7. The topological polar surface area (TPSA) is 338 Å². The van der Waals surface area contributed by atoms with E-state index in [9.17, 15) is 57.5 Å². The minimum absolute atomic E-state index is 0.00428. The average Bonchev–Trinajstić information content (AvgIpc) is 1.62. The summed E-state index contributed by atoms with van der Waals surface area (Å²) in [5.41, 5.74) is 5.92. The number of halogens is 1. The van der Waals surface area contributed by atoms with Crippen LogP contribution in [0, 0.1) is 53.8 Å². The number of thioether (sulfide) groups is 1. The quantitative estimate of drug-likeness (QED) is 0.0194. The summed E-state index contributed by atoms with van der Waals surface area (Å²) >= 11 is 5.26. The van der Waals surface area contributed by atoms with Crippen molar-refractivity contribution in [3.05, 3.63) is 131 Å². The van der Waals surface area contributed by atoms with E-state index in [0.29, 0.717) is 43.4 Å². The van der Waals surface area contributed by atoms with Gasteiger partial charge in [0.25, 0.3) is 0 Å². The molecule has 4 fully saturated rings. The number of benzene rings is 3. The number of ether oxygens (including phenoxy) is 1. The summed E-state index contributed by atoms with van der Waals surface area (Å²) in [6.07, 6.45) is 23.3. The smallest absolute Gasteiger partial charge is 0.418 e. The zero-order valence-corrected chi connectivity index (χ0v) is 82.7. The maximum absolute atomic E-state index is 14.3. The number of unbranched alkanes of at least 4 members (excludes halogenated alkanes) is 1. The Bertz CT molecular complexity index is 4990. The van der Waals surface area contributed by atoms with Crippen LogP contribution in [0.5, 0.6) is 0 Å². The van der Waals surface area contributed by atoms with E-state index in [1.165, 1.54) is 24.9 Å². The van der Waals surface area contributed by atoms with Gasteiger partial charge in [0.15, 0.2) is 17.3 Å². The monoisotopic (exact) mass is 1870 g/mol. The number of carbonyl (C=O) groups is 12. The van der Waals surface area contributed by atoms with Crippen LogP contribution in [0.15, 0.2) is 103 Å². The Balaban J connectivity index is 0.000000221. The molecule has 6 N–H and O–H groups in total. The third-order valence-electron chi connectivity index (χ3n) is 27.2. The molecule has 0 bridgehead atoms. The van der Waals surface area contributed by atoms with Crippen LogP contribution in [0.4, 0.5) is 4.79 Å². The molecule has 25 nitrogen and oxygen atoms in total. The first-order valence-electron chi connectivity index (χ1n) is 47.7. The fourth-order valence-corrected chi connectivity index (χ4v) is 21.1. The Morgan fingerprint density at radius 3 is 1.55 bits per heavy atom. The second-order valence-corrected chi connectivity index (χ2v) is 41.1. The van der Waals surface area contributed by atoms with E-state index in [0.717, 1.165) is 150 Å². The molecule has 11 rings (SSSR count). The predicted molar refractivity (Wildman–Crippen MR) is 519 cm³/mol. The Morgan fingerprint density at radius 1 is 0.585 bits per heavy atom. The molecule has 1 unspecified atom stereocenters. The minimum atomic E-state index is -0.896. The van der Waals surface area contributed by atoms with E-state index in [-0.39, 0.29) is 181 Å². The molecular formula is C103H147BrN12O13S. The highest BCUT2D eigenvalue weighted by Gasteiger charge is 2.44. The molecule has 27 heteroatoms. The number of aromatic nitrogens is 6. The van der Waals surface area contributed by atoms with Gasteiger partial charge in [-0.05, 0) is 245 Å². The van der Waals surface area contributed by atoms with E-state index >= 15 is 0 Å². The van der Waals surface area contributed by atoms with Crippen molar-refractivity contribution in [1.82, 2.24) is 60.4 Å². The third-order valence-corrected chi connectivity index (χ3v) is 28.5. The molecule has 3 aromatic carbocycles. The van der Waals surface area contributed by atoms with Crippen molar-refractivity contribution >= 4 is 131 Å². The lowest BCUT2D eigenvalue weighted by atomic mass is 9.81. The highest BCUT2D eigenvalue weighted by Crippen LogP contribution is 2.41. The molecule has 1 aliphatic carbocycles. The van der Waals surface area contributed by atoms with Crippen LogP contribution in [0.3, 0.4) is 0 Å². The zero-order chi connectivity index (χ0) is 95.0. The molecule has 4 aliphatic rings. The second-order valence-electron chi connectivity index (χ2n) is 39.3. The number of nitrogens with one attached hydrogen (secondary N) is 6. The van der Waals surface area contributed by atoms with E-state index in [1.807, 2.05) is 115 Å².